The van der Waals surface area contributed by atoms with E-state index in [1.165, 1.54) is 12.1 Å². The highest BCUT2D eigenvalue weighted by Crippen LogP contribution is 2.70. The fourth-order valence-corrected chi connectivity index (χ4v) is 9.36. The first kappa shape index (κ1) is 29.1. The number of carbonyl (C=O) groups is 3. The topological polar surface area (TPSA) is 140 Å². The Kier molecular flexibility index (Phi) is 6.75. The Balaban J connectivity index is 1.16. The maximum atomic E-state index is 13.7. The Bertz CT molecular complexity index is 1590. The Morgan fingerprint density at radius 3 is 2.59 bits per heavy atom. The second kappa shape index (κ2) is 10.2. The molecule has 2 aromatic rings. The normalized spacial score (nSPS) is 38.6. The molecule has 7 rings (SSSR count). The van der Waals surface area contributed by atoms with Crippen molar-refractivity contribution in [1.82, 2.24) is 0 Å². The number of benzene rings is 2. The Morgan fingerprint density at radius 1 is 1.09 bits per heavy atom. The standard InChI is InChI=1S/C35H36O9/c1-33-13-12-22(37)15-21(33)8-11-25-26-16-29-35(28(39)18-36,34(26,2)17-27(38)30(25)33)44-32(43-29)19-6-9-23(10-7-19)42-24-5-3-4-20(14-24)31(40)41/h3-7,9-10,12-15,25-27,29-30,32,36,38H,8,11,16-18H2,1-2H3,(H,40,41)/t25-,26-,27-,29+,30+,32+,33-,34-,35+/m0/s1. The van der Waals surface area contributed by atoms with Gasteiger partial charge in [-0.1, -0.05) is 43.7 Å². The fraction of sp³-hybridized carbons (Fsp3) is 0.457. The molecule has 3 saturated carbocycles. The summed E-state index contributed by atoms with van der Waals surface area (Å²) < 4.78 is 19.0. The van der Waals surface area contributed by atoms with Crippen LogP contribution in [0.3, 0.4) is 0 Å². The summed E-state index contributed by atoms with van der Waals surface area (Å²) in [5, 5.41) is 31.2. The van der Waals surface area contributed by atoms with Gasteiger partial charge >= 0.3 is 5.97 Å². The van der Waals surface area contributed by atoms with Crippen molar-refractivity contribution in [3.05, 3.63) is 83.5 Å². The summed E-state index contributed by atoms with van der Waals surface area (Å²) in [6, 6.07) is 13.2. The zero-order chi connectivity index (χ0) is 31.0. The van der Waals surface area contributed by atoms with Gasteiger partial charge < -0.3 is 29.5 Å². The summed E-state index contributed by atoms with van der Waals surface area (Å²) in [5.74, 6) is -0.643. The Morgan fingerprint density at radius 2 is 1.86 bits per heavy atom. The van der Waals surface area contributed by atoms with Crippen molar-refractivity contribution < 1.29 is 43.9 Å². The first-order valence-corrected chi connectivity index (χ1v) is 15.2. The van der Waals surface area contributed by atoms with Crippen molar-refractivity contribution in [3.8, 4) is 11.5 Å². The molecule has 9 atom stereocenters. The second-order valence-electron chi connectivity index (χ2n) is 13.3. The van der Waals surface area contributed by atoms with E-state index in [1.807, 2.05) is 13.0 Å². The molecule has 0 unspecified atom stereocenters. The van der Waals surface area contributed by atoms with E-state index in [0.29, 0.717) is 29.9 Å². The van der Waals surface area contributed by atoms with Gasteiger partial charge in [0.05, 0.1) is 17.8 Å². The summed E-state index contributed by atoms with van der Waals surface area (Å²) in [4.78, 5) is 37.2. The number of allylic oxidation sites excluding steroid dienone is 4. The quantitative estimate of drug-likeness (QED) is 0.427. The van der Waals surface area contributed by atoms with E-state index in [4.69, 9.17) is 14.2 Å². The van der Waals surface area contributed by atoms with Crippen LogP contribution in [0.1, 0.15) is 61.7 Å². The molecule has 0 radical (unpaired) electrons. The van der Waals surface area contributed by atoms with Crippen LogP contribution in [0, 0.1) is 28.6 Å². The van der Waals surface area contributed by atoms with E-state index in [1.54, 1.807) is 48.6 Å². The average molecular weight is 601 g/mol. The first-order valence-electron chi connectivity index (χ1n) is 15.2. The number of carboxylic acid groups (broad SMARTS) is 1. The molecule has 1 aliphatic heterocycles. The van der Waals surface area contributed by atoms with Gasteiger partial charge in [0.1, 0.15) is 18.1 Å². The summed E-state index contributed by atoms with van der Waals surface area (Å²) in [6.07, 6.45) is 5.48. The highest BCUT2D eigenvalue weighted by atomic mass is 16.7. The smallest absolute Gasteiger partial charge is 0.335 e. The van der Waals surface area contributed by atoms with Gasteiger partial charge in [0.15, 0.2) is 23.5 Å². The molecule has 0 bridgehead atoms. The van der Waals surface area contributed by atoms with E-state index >= 15 is 0 Å². The first-order chi connectivity index (χ1) is 21.0. The third kappa shape index (κ3) is 4.10. The molecule has 3 N–H and O–H groups in total. The number of aliphatic hydroxyl groups excluding tert-OH is 2. The van der Waals surface area contributed by atoms with Crippen molar-refractivity contribution in [1.29, 1.82) is 0 Å². The van der Waals surface area contributed by atoms with E-state index in [-0.39, 0.29) is 29.1 Å². The third-order valence-electron chi connectivity index (χ3n) is 11.3. The van der Waals surface area contributed by atoms with Crippen molar-refractivity contribution in [2.45, 2.75) is 63.6 Å². The number of ether oxygens (including phenoxy) is 3. The van der Waals surface area contributed by atoms with Gasteiger partial charge in [-0.15, -0.1) is 0 Å². The van der Waals surface area contributed by atoms with E-state index in [0.717, 1.165) is 18.4 Å². The molecule has 9 heteroatoms. The number of fused-ring (bicyclic) bond motifs is 7. The number of carboxylic acids is 1. The molecule has 0 amide bonds. The Labute approximate surface area is 255 Å². The van der Waals surface area contributed by atoms with Crippen molar-refractivity contribution in [3.63, 3.8) is 0 Å². The minimum atomic E-state index is -1.43. The van der Waals surface area contributed by atoms with Crippen LogP contribution in [-0.4, -0.2) is 57.3 Å². The lowest BCUT2D eigenvalue weighted by Gasteiger charge is -2.59. The fourth-order valence-electron chi connectivity index (χ4n) is 9.36. The largest absolute Gasteiger partial charge is 0.478 e. The van der Waals surface area contributed by atoms with Gasteiger partial charge in [-0.25, -0.2) is 4.79 Å². The molecule has 9 nitrogen and oxygen atoms in total. The van der Waals surface area contributed by atoms with Crippen LogP contribution in [0.2, 0.25) is 0 Å². The van der Waals surface area contributed by atoms with Gasteiger partial charge in [0.25, 0.3) is 0 Å². The molecule has 4 fully saturated rings. The van der Waals surface area contributed by atoms with E-state index in [2.05, 4.69) is 6.92 Å². The van der Waals surface area contributed by atoms with Gasteiger partial charge in [0.2, 0.25) is 0 Å². The van der Waals surface area contributed by atoms with Crippen LogP contribution >= 0.6 is 0 Å². The number of rotatable bonds is 6. The van der Waals surface area contributed by atoms with Crippen LogP contribution in [0.5, 0.6) is 11.5 Å². The number of aliphatic hydroxyl groups is 2. The molecule has 0 spiro atoms. The van der Waals surface area contributed by atoms with Gasteiger partial charge in [-0.2, -0.15) is 0 Å². The number of hydrogen-bond acceptors (Lipinski definition) is 8. The molecule has 2 aromatic carbocycles. The highest BCUT2D eigenvalue weighted by molar-refractivity contribution is 6.01. The van der Waals surface area contributed by atoms with Gasteiger partial charge in [-0.05, 0) is 80.0 Å². The molecule has 44 heavy (non-hydrogen) atoms. The zero-order valence-corrected chi connectivity index (χ0v) is 24.6. The zero-order valence-electron chi connectivity index (χ0n) is 24.6. The number of hydrogen-bond donors (Lipinski definition) is 3. The van der Waals surface area contributed by atoms with Crippen LogP contribution in [0.4, 0.5) is 0 Å². The van der Waals surface area contributed by atoms with Crippen LogP contribution in [0.25, 0.3) is 0 Å². The van der Waals surface area contributed by atoms with Crippen LogP contribution in [-0.2, 0) is 19.1 Å². The minimum absolute atomic E-state index is 0.0131. The molecule has 230 valence electrons. The lowest BCUT2D eigenvalue weighted by atomic mass is 9.46. The highest BCUT2D eigenvalue weighted by Gasteiger charge is 2.75. The van der Waals surface area contributed by atoms with E-state index in [9.17, 15) is 29.7 Å². The number of Topliss-reactive ketones (excluding diaryl/α,β-unsaturated/α-hetero) is 1. The summed E-state index contributed by atoms with van der Waals surface area (Å²) >= 11 is 0. The third-order valence-corrected chi connectivity index (χ3v) is 11.3. The predicted octanol–water partition coefficient (Wildman–Crippen LogP) is 4.78. The monoisotopic (exact) mass is 600 g/mol. The summed E-state index contributed by atoms with van der Waals surface area (Å²) in [7, 11) is 0. The Hall–Kier alpha value is -3.63. The molecule has 1 heterocycles. The molecule has 4 aliphatic carbocycles. The van der Waals surface area contributed by atoms with E-state index < -0.39 is 53.3 Å². The van der Waals surface area contributed by atoms with Gasteiger partial charge in [0, 0.05) is 22.3 Å². The molecular formula is C35H36O9. The molecule has 1 saturated heterocycles. The van der Waals surface area contributed by atoms with Crippen LogP contribution < -0.4 is 4.74 Å². The number of aromatic carboxylic acids is 1. The maximum Gasteiger partial charge on any atom is 0.335 e. The summed E-state index contributed by atoms with van der Waals surface area (Å²) in [6.45, 7) is 3.41. The van der Waals surface area contributed by atoms with Gasteiger partial charge in [-0.3, -0.25) is 9.59 Å². The van der Waals surface area contributed by atoms with Crippen molar-refractivity contribution >= 4 is 17.5 Å². The lowest BCUT2D eigenvalue weighted by molar-refractivity contribution is -0.201. The second-order valence-corrected chi connectivity index (χ2v) is 13.3. The molecular weight excluding hydrogens is 564 g/mol. The number of carbonyl (C=O) groups excluding carboxylic acids is 2. The summed E-state index contributed by atoms with van der Waals surface area (Å²) in [5.41, 5.74) is -0.799. The molecule has 0 aromatic heterocycles. The number of ketones is 2. The minimum Gasteiger partial charge on any atom is -0.478 e. The van der Waals surface area contributed by atoms with Crippen molar-refractivity contribution in [2.24, 2.45) is 28.6 Å². The molecule has 5 aliphatic rings. The SMILES string of the molecule is C[C@]12C=CC(=O)C=C1CC[C@@H]1[C@@H]2[C@@H](O)C[C@@]2(C)[C@H]1C[C@H]1O[C@@H](c3ccc(Oc4cccc(C(=O)O)c4)cc3)O[C@]12C(=O)CO. The van der Waals surface area contributed by atoms with Crippen molar-refractivity contribution in [2.75, 3.05) is 6.61 Å². The van der Waals surface area contributed by atoms with Crippen LogP contribution in [0.15, 0.2) is 72.3 Å². The average Bonchev–Trinajstić information content (AvgIpc) is 3.50. The predicted molar refractivity (Wildman–Crippen MR) is 157 cm³/mol. The maximum absolute atomic E-state index is 13.7. The lowest BCUT2D eigenvalue weighted by Crippen LogP contribution is -2.63.